The zero-order valence-electron chi connectivity index (χ0n) is 48.5. The fraction of sp³-hybridized carbons (Fsp3) is 0.429. The first-order chi connectivity index (χ1) is 39.9. The molecule has 0 saturated heterocycles. The highest BCUT2D eigenvalue weighted by atomic mass is 35.5. The molecule has 446 valence electrons. The summed E-state index contributed by atoms with van der Waals surface area (Å²) in [4.78, 5) is 40.1. The maximum Gasteiger partial charge on any atom is 0.295 e. The lowest BCUT2D eigenvalue weighted by molar-refractivity contribution is -0.121. The third-order valence-corrected chi connectivity index (χ3v) is 17.8. The zero-order valence-corrected chi connectivity index (χ0v) is 50.9. The predicted molar refractivity (Wildman–Crippen MR) is 325 cm³/mol. The molecule has 0 saturated carbocycles. The summed E-state index contributed by atoms with van der Waals surface area (Å²) in [5, 5.41) is 6.06. The van der Waals surface area contributed by atoms with E-state index in [4.69, 9.17) is 35.0 Å². The topological polar surface area (TPSA) is 213 Å². The molecule has 1 amide bonds. The first-order valence-electron chi connectivity index (χ1n) is 28.6. The SMILES string of the molecule is CCN(CC)c1ccc2c(-c3ccc(S(=O)(=O)CCCOCCOCCOCCOCCC(=O)CCCCCNC(=O)Cc4c(C)n(C(=O)c5ccc(Cl)cc5)c5ccc(C)cc45)c(S(=O)(=O)O)c3)c3ccc(=[N+](CC)CC)cc-3oc2c1. The summed E-state index contributed by atoms with van der Waals surface area (Å²) in [6, 6.07) is 28.4. The Kier molecular flexibility index (Phi) is 23.6. The number of halogens is 1. The van der Waals surface area contributed by atoms with Crippen LogP contribution in [0.4, 0.5) is 5.69 Å². The average molecular weight is 1200 g/mol. The third kappa shape index (κ3) is 17.0. The number of fused-ring (bicyclic) bond motifs is 3. The van der Waals surface area contributed by atoms with E-state index in [1.165, 1.54) is 12.1 Å². The largest absolute Gasteiger partial charge is 0.456 e. The van der Waals surface area contributed by atoms with Crippen LogP contribution in [-0.4, -0.2) is 135 Å². The highest BCUT2D eigenvalue weighted by Gasteiger charge is 2.28. The Hall–Kier alpha value is -6.29. The smallest absolute Gasteiger partial charge is 0.295 e. The number of rotatable bonds is 33. The molecule has 83 heavy (non-hydrogen) atoms. The number of amides is 1. The second-order valence-corrected chi connectivity index (χ2v) is 24.2. The molecule has 0 bridgehead atoms. The quantitative estimate of drug-likeness (QED) is 0.0170. The molecule has 2 heterocycles. The third-order valence-electron chi connectivity index (χ3n) is 14.7. The highest BCUT2D eigenvalue weighted by Crippen LogP contribution is 2.42. The van der Waals surface area contributed by atoms with E-state index in [-0.39, 0.29) is 50.3 Å². The number of ketones is 1. The lowest BCUT2D eigenvalue weighted by Crippen LogP contribution is -2.29. The molecule has 2 N–H and O–H groups in total. The maximum absolute atomic E-state index is 13.7. The number of carbonyl (C=O) groups excluding carboxylic acids is 3. The van der Waals surface area contributed by atoms with Gasteiger partial charge in [-0.1, -0.05) is 35.7 Å². The number of hydrogen-bond acceptors (Lipinski definition) is 13. The Morgan fingerprint density at radius 1 is 0.687 bits per heavy atom. The van der Waals surface area contributed by atoms with Crippen LogP contribution in [0, 0.1) is 13.8 Å². The fourth-order valence-electron chi connectivity index (χ4n) is 10.3. The Morgan fingerprint density at radius 3 is 2.02 bits per heavy atom. The molecule has 0 spiro atoms. The van der Waals surface area contributed by atoms with Crippen LogP contribution in [-0.2, 0) is 54.9 Å². The molecule has 1 aromatic heterocycles. The van der Waals surface area contributed by atoms with Gasteiger partial charge in [-0.3, -0.25) is 23.5 Å². The second kappa shape index (κ2) is 30.5. The van der Waals surface area contributed by atoms with E-state index in [0.29, 0.717) is 103 Å². The average Bonchev–Trinajstić information content (AvgIpc) is 2.50. The number of nitrogens with zero attached hydrogens (tertiary/aromatic N) is 3. The Balaban J connectivity index is 0.758. The minimum absolute atomic E-state index is 0.0691. The molecular formula is C63H78ClN4O13S2+. The summed E-state index contributed by atoms with van der Waals surface area (Å²) < 4.78 is 96.5. The number of carbonyl (C=O) groups is 3. The van der Waals surface area contributed by atoms with Gasteiger partial charge in [-0.25, -0.2) is 13.0 Å². The molecule has 0 atom stereocenters. The van der Waals surface area contributed by atoms with Crippen molar-refractivity contribution in [1.29, 1.82) is 0 Å². The van der Waals surface area contributed by atoms with E-state index in [0.717, 1.165) is 77.8 Å². The van der Waals surface area contributed by atoms with Gasteiger partial charge in [0.1, 0.15) is 35.1 Å². The summed E-state index contributed by atoms with van der Waals surface area (Å²) in [6.07, 6.45) is 3.16. The number of ether oxygens (including phenoxy) is 4. The van der Waals surface area contributed by atoms with Gasteiger partial charge in [-0.05, 0) is 139 Å². The first kappa shape index (κ1) is 64.3. The molecule has 1 aliphatic heterocycles. The van der Waals surface area contributed by atoms with Gasteiger partial charge in [0, 0.05) is 95.1 Å². The summed E-state index contributed by atoms with van der Waals surface area (Å²) in [5.41, 5.74) is 7.06. The van der Waals surface area contributed by atoms with Gasteiger partial charge >= 0.3 is 0 Å². The van der Waals surface area contributed by atoms with Crippen molar-refractivity contribution in [2.24, 2.45) is 0 Å². The van der Waals surface area contributed by atoms with Crippen molar-refractivity contribution in [3.05, 3.63) is 130 Å². The number of Topliss-reactive ketones (excluding diaryl/α,β-unsaturated/α-hetero) is 1. The normalized spacial score (nSPS) is 12.0. The number of sulfone groups is 1. The van der Waals surface area contributed by atoms with Crippen molar-refractivity contribution in [2.75, 3.05) is 96.2 Å². The van der Waals surface area contributed by atoms with Gasteiger partial charge < -0.3 is 33.6 Å². The standard InChI is InChI=1S/C63H77ClN4O13S2/c1-7-66(8-2)49-22-24-52-57(41-49)81-58-42-50(67(9-3)10-4)23-25-53(58)62(52)47-19-27-59(60(40-47)83(74,75)76)82(72,73)38-14-30-77-32-34-79-36-37-80-35-33-78-31-28-51(69)15-12-11-13-29-65-61(70)43-54-45(6)68(56-26-16-44(5)39-55(54)56)63(71)46-17-20-48(64)21-18-46/h16-27,39-42H,7-15,28-38,43H2,1-6H3,(H-,65,70,74,75,76)/p+1. The highest BCUT2D eigenvalue weighted by molar-refractivity contribution is 7.92. The van der Waals surface area contributed by atoms with Crippen LogP contribution in [0.25, 0.3) is 44.3 Å². The van der Waals surface area contributed by atoms with Crippen molar-refractivity contribution < 1.29 is 59.1 Å². The molecule has 0 radical (unpaired) electrons. The zero-order chi connectivity index (χ0) is 59.7. The van der Waals surface area contributed by atoms with Crippen molar-refractivity contribution in [1.82, 2.24) is 14.5 Å². The van der Waals surface area contributed by atoms with Crippen molar-refractivity contribution in [3.63, 3.8) is 0 Å². The number of anilines is 1. The van der Waals surface area contributed by atoms with Gasteiger partial charge in [-0.15, -0.1) is 0 Å². The van der Waals surface area contributed by atoms with E-state index in [2.05, 4.69) is 42.5 Å². The van der Waals surface area contributed by atoms with E-state index in [9.17, 15) is 35.8 Å². The minimum Gasteiger partial charge on any atom is -0.456 e. The number of hydrogen-bond donors (Lipinski definition) is 2. The van der Waals surface area contributed by atoms with Crippen LogP contribution in [0.15, 0.2) is 111 Å². The van der Waals surface area contributed by atoms with Gasteiger partial charge in [0.25, 0.3) is 16.0 Å². The second-order valence-electron chi connectivity index (χ2n) is 20.3. The molecule has 7 rings (SSSR count). The fourth-order valence-corrected chi connectivity index (χ4v) is 13.1. The lowest BCUT2D eigenvalue weighted by Gasteiger charge is -2.22. The van der Waals surface area contributed by atoms with Crippen LogP contribution >= 0.6 is 11.6 Å². The Labute approximate surface area is 492 Å². The predicted octanol–water partition coefficient (Wildman–Crippen LogP) is 10.1. The van der Waals surface area contributed by atoms with Crippen LogP contribution in [0.3, 0.4) is 0 Å². The molecule has 17 nitrogen and oxygen atoms in total. The van der Waals surface area contributed by atoms with Crippen molar-refractivity contribution in [3.8, 4) is 22.5 Å². The molecule has 0 fully saturated rings. The first-order valence-corrected chi connectivity index (χ1v) is 32.0. The summed E-state index contributed by atoms with van der Waals surface area (Å²) >= 11 is 6.05. The van der Waals surface area contributed by atoms with Crippen LogP contribution in [0.2, 0.25) is 5.02 Å². The Morgan fingerprint density at radius 2 is 1.36 bits per heavy atom. The van der Waals surface area contributed by atoms with Crippen LogP contribution in [0.5, 0.6) is 0 Å². The summed E-state index contributed by atoms with van der Waals surface area (Å²) in [7, 11) is -9.19. The molecule has 4 aromatic carbocycles. The van der Waals surface area contributed by atoms with Crippen LogP contribution < -0.4 is 20.1 Å². The van der Waals surface area contributed by atoms with Gasteiger partial charge in [0.2, 0.25) is 11.3 Å². The number of unbranched alkanes of at least 4 members (excludes halogenated alkanes) is 2. The number of aryl methyl sites for hydroxylation is 1. The minimum atomic E-state index is -5.00. The van der Waals surface area contributed by atoms with Crippen LogP contribution in [0.1, 0.15) is 93.4 Å². The number of nitrogens with one attached hydrogen (secondary N) is 1. The Bertz CT molecular complexity index is 3640. The summed E-state index contributed by atoms with van der Waals surface area (Å²) in [5.74, 6) is -0.0646. The molecule has 1 aliphatic carbocycles. The lowest BCUT2D eigenvalue weighted by atomic mass is 9.93. The summed E-state index contributed by atoms with van der Waals surface area (Å²) in [6.45, 7) is 17.8. The molecule has 5 aromatic rings. The molecule has 0 unspecified atom stereocenters. The van der Waals surface area contributed by atoms with Gasteiger partial charge in [0.15, 0.2) is 9.84 Å². The molecule has 2 aliphatic rings. The van der Waals surface area contributed by atoms with Gasteiger partial charge in [0.05, 0.1) is 74.9 Å². The van der Waals surface area contributed by atoms with Gasteiger partial charge in [-0.2, -0.15) is 8.42 Å². The van der Waals surface area contributed by atoms with Crippen molar-refractivity contribution in [2.45, 2.75) is 96.3 Å². The van der Waals surface area contributed by atoms with E-state index >= 15 is 0 Å². The number of benzene rings is 5. The molecular weight excluding hydrogens is 1120 g/mol. The van der Waals surface area contributed by atoms with E-state index in [1.54, 1.807) is 34.9 Å². The number of aromatic nitrogens is 1. The van der Waals surface area contributed by atoms with Crippen molar-refractivity contribution >= 4 is 76.7 Å². The van der Waals surface area contributed by atoms with E-state index < -0.39 is 35.5 Å². The maximum atomic E-state index is 13.7. The van der Waals surface area contributed by atoms with E-state index in [1.807, 2.05) is 68.4 Å². The molecule has 20 heteroatoms. The monoisotopic (exact) mass is 1200 g/mol.